The first-order valence-electron chi connectivity index (χ1n) is 12.5. The summed E-state index contributed by atoms with van der Waals surface area (Å²) in [5.74, 6) is -1.29. The summed E-state index contributed by atoms with van der Waals surface area (Å²) >= 11 is 0. The van der Waals surface area contributed by atoms with Crippen LogP contribution in [0.25, 0.3) is 11.1 Å². The van der Waals surface area contributed by atoms with E-state index in [0.717, 1.165) is 35.1 Å². The lowest BCUT2D eigenvalue weighted by Gasteiger charge is -2.42. The molecule has 2 aromatic carbocycles. The topological polar surface area (TPSA) is 95.9 Å². The van der Waals surface area contributed by atoms with Gasteiger partial charge in [0.15, 0.2) is 0 Å². The third-order valence-electron chi connectivity index (χ3n) is 7.44. The number of rotatable bonds is 8. The quantitative estimate of drug-likeness (QED) is 0.568. The molecule has 1 fully saturated rings. The molecular formula is C28H34N2O5. The number of carbonyl (C=O) groups is 3. The summed E-state index contributed by atoms with van der Waals surface area (Å²) in [6, 6.07) is 15.9. The normalized spacial score (nSPS) is 21.0. The molecule has 2 amide bonds. The first kappa shape index (κ1) is 24.8. The number of hydrogen-bond donors (Lipinski definition) is 2. The molecule has 0 heterocycles. The molecule has 0 spiro atoms. The van der Waals surface area contributed by atoms with Gasteiger partial charge in [-0.3, -0.25) is 9.59 Å². The van der Waals surface area contributed by atoms with Crippen molar-refractivity contribution in [1.29, 1.82) is 0 Å². The lowest BCUT2D eigenvalue weighted by Crippen LogP contribution is -2.57. The minimum atomic E-state index is -1.03. The van der Waals surface area contributed by atoms with Gasteiger partial charge in [-0.25, -0.2) is 4.79 Å². The molecule has 2 unspecified atom stereocenters. The molecule has 7 heteroatoms. The van der Waals surface area contributed by atoms with Crippen LogP contribution in [0.2, 0.25) is 0 Å². The number of carbonyl (C=O) groups excluding carboxylic acids is 2. The maximum Gasteiger partial charge on any atom is 0.407 e. The van der Waals surface area contributed by atoms with Crippen molar-refractivity contribution in [2.45, 2.75) is 57.9 Å². The van der Waals surface area contributed by atoms with Crippen LogP contribution in [0.5, 0.6) is 0 Å². The van der Waals surface area contributed by atoms with Gasteiger partial charge in [-0.15, -0.1) is 0 Å². The Kier molecular flexibility index (Phi) is 7.43. The Morgan fingerprint density at radius 1 is 1.06 bits per heavy atom. The van der Waals surface area contributed by atoms with Gasteiger partial charge in [-0.1, -0.05) is 68.3 Å². The number of fused-ring (bicyclic) bond motifs is 3. The third-order valence-corrected chi connectivity index (χ3v) is 7.44. The Labute approximate surface area is 206 Å². The second-order valence-corrected chi connectivity index (χ2v) is 9.81. The van der Waals surface area contributed by atoms with Gasteiger partial charge in [0.1, 0.15) is 13.2 Å². The lowest BCUT2D eigenvalue weighted by atomic mass is 9.70. The molecular weight excluding hydrogens is 444 g/mol. The van der Waals surface area contributed by atoms with Crippen LogP contribution in [0.3, 0.4) is 0 Å². The molecule has 0 aromatic heterocycles. The molecule has 2 aliphatic rings. The summed E-state index contributed by atoms with van der Waals surface area (Å²) in [4.78, 5) is 39.1. The zero-order chi connectivity index (χ0) is 25.0. The molecule has 186 valence electrons. The van der Waals surface area contributed by atoms with Crippen molar-refractivity contribution in [3.63, 3.8) is 0 Å². The van der Waals surface area contributed by atoms with Crippen LogP contribution >= 0.6 is 0 Å². The molecule has 2 aromatic rings. The largest absolute Gasteiger partial charge is 0.480 e. The van der Waals surface area contributed by atoms with Gasteiger partial charge in [-0.2, -0.15) is 0 Å². The summed E-state index contributed by atoms with van der Waals surface area (Å²) in [6.07, 6.45) is 3.12. The summed E-state index contributed by atoms with van der Waals surface area (Å²) in [5, 5.41) is 12.2. The van der Waals surface area contributed by atoms with Crippen molar-refractivity contribution >= 4 is 18.0 Å². The van der Waals surface area contributed by atoms with Gasteiger partial charge in [-0.05, 0) is 48.4 Å². The van der Waals surface area contributed by atoms with E-state index >= 15 is 0 Å². The Balaban J connectivity index is 1.45. The second-order valence-electron chi connectivity index (χ2n) is 9.81. The van der Waals surface area contributed by atoms with Crippen molar-refractivity contribution in [3.8, 4) is 11.1 Å². The fraction of sp³-hybridized carbons (Fsp3) is 0.464. The number of aliphatic carboxylic acids is 1. The molecule has 2 N–H and O–H groups in total. The monoisotopic (exact) mass is 478 g/mol. The zero-order valence-electron chi connectivity index (χ0n) is 20.5. The number of alkyl carbamates (subject to hydrolysis) is 1. The van der Waals surface area contributed by atoms with E-state index in [2.05, 4.69) is 29.6 Å². The average Bonchev–Trinajstić information content (AvgIpc) is 3.17. The van der Waals surface area contributed by atoms with Crippen LogP contribution in [-0.2, 0) is 14.3 Å². The van der Waals surface area contributed by atoms with Gasteiger partial charge in [0, 0.05) is 18.5 Å². The van der Waals surface area contributed by atoms with Gasteiger partial charge in [0.2, 0.25) is 5.91 Å². The minimum absolute atomic E-state index is 0.0388. The Morgan fingerprint density at radius 2 is 1.69 bits per heavy atom. The van der Waals surface area contributed by atoms with Gasteiger partial charge >= 0.3 is 12.1 Å². The highest BCUT2D eigenvalue weighted by Gasteiger charge is 2.46. The van der Waals surface area contributed by atoms with E-state index in [4.69, 9.17) is 4.74 Å². The van der Waals surface area contributed by atoms with Crippen LogP contribution in [0.1, 0.15) is 63.0 Å². The van der Waals surface area contributed by atoms with Gasteiger partial charge < -0.3 is 20.1 Å². The SMILES string of the molecule is CCCN(CC(=O)O)C(=O)C1(C)CCCCC1NC(=O)OCC1c2ccccc2-c2ccccc21. The Hall–Kier alpha value is -3.35. The van der Waals surface area contributed by atoms with E-state index in [-0.39, 0.29) is 25.0 Å². The molecule has 0 bridgehead atoms. The standard InChI is InChI=1S/C28H34N2O5/c1-3-16-30(17-25(31)32)26(33)28(2)15-9-8-14-24(28)29-27(34)35-18-23-21-12-6-4-10-19(21)20-11-5-7-13-22(20)23/h4-7,10-13,23-24H,3,8-9,14-18H2,1-2H3,(H,29,34)(H,31,32). The molecule has 1 saturated carbocycles. The summed E-state index contributed by atoms with van der Waals surface area (Å²) in [6.45, 7) is 4.00. The minimum Gasteiger partial charge on any atom is -0.480 e. The maximum absolute atomic E-state index is 13.4. The average molecular weight is 479 g/mol. The molecule has 7 nitrogen and oxygen atoms in total. The summed E-state index contributed by atoms with van der Waals surface area (Å²) in [5.41, 5.74) is 3.74. The second kappa shape index (κ2) is 10.5. The summed E-state index contributed by atoms with van der Waals surface area (Å²) < 4.78 is 5.72. The number of carboxylic acids is 1. The maximum atomic E-state index is 13.4. The van der Waals surface area contributed by atoms with Crippen LogP contribution in [-0.4, -0.2) is 53.7 Å². The van der Waals surface area contributed by atoms with Gasteiger partial charge in [0.05, 0.1) is 5.41 Å². The van der Waals surface area contributed by atoms with Crippen molar-refractivity contribution in [1.82, 2.24) is 10.2 Å². The van der Waals surface area contributed by atoms with E-state index in [1.54, 1.807) is 0 Å². The number of hydrogen-bond acceptors (Lipinski definition) is 4. The number of carboxylic acid groups (broad SMARTS) is 1. The first-order chi connectivity index (χ1) is 16.8. The Bertz CT molecular complexity index is 1050. The Morgan fingerprint density at radius 3 is 2.29 bits per heavy atom. The molecule has 35 heavy (non-hydrogen) atoms. The highest BCUT2D eigenvalue weighted by atomic mass is 16.5. The number of ether oxygens (including phenoxy) is 1. The highest BCUT2D eigenvalue weighted by Crippen LogP contribution is 2.44. The van der Waals surface area contributed by atoms with E-state index in [1.807, 2.05) is 38.1 Å². The zero-order valence-corrected chi connectivity index (χ0v) is 20.5. The van der Waals surface area contributed by atoms with Crippen LogP contribution < -0.4 is 5.32 Å². The van der Waals surface area contributed by atoms with E-state index in [1.165, 1.54) is 4.90 Å². The number of nitrogens with zero attached hydrogens (tertiary/aromatic N) is 1. The van der Waals surface area contributed by atoms with E-state index in [0.29, 0.717) is 25.8 Å². The molecule has 4 rings (SSSR count). The predicted molar refractivity (Wildman–Crippen MR) is 133 cm³/mol. The first-order valence-corrected chi connectivity index (χ1v) is 12.5. The molecule has 2 aliphatic carbocycles. The summed E-state index contributed by atoms with van der Waals surface area (Å²) in [7, 11) is 0. The van der Waals surface area contributed by atoms with E-state index in [9.17, 15) is 19.5 Å². The molecule has 0 radical (unpaired) electrons. The highest BCUT2D eigenvalue weighted by molar-refractivity contribution is 5.87. The lowest BCUT2D eigenvalue weighted by molar-refractivity contribution is -0.151. The predicted octanol–water partition coefficient (Wildman–Crippen LogP) is 4.80. The molecule has 0 aliphatic heterocycles. The molecule has 0 saturated heterocycles. The smallest absolute Gasteiger partial charge is 0.407 e. The fourth-order valence-electron chi connectivity index (χ4n) is 5.65. The van der Waals surface area contributed by atoms with Crippen LogP contribution in [0.4, 0.5) is 4.79 Å². The van der Waals surface area contributed by atoms with Crippen molar-refractivity contribution in [3.05, 3.63) is 59.7 Å². The number of amides is 2. The van der Waals surface area contributed by atoms with Crippen molar-refractivity contribution in [2.75, 3.05) is 19.7 Å². The van der Waals surface area contributed by atoms with Crippen molar-refractivity contribution < 1.29 is 24.2 Å². The van der Waals surface area contributed by atoms with E-state index < -0.39 is 23.5 Å². The molecule has 2 atom stereocenters. The van der Waals surface area contributed by atoms with Crippen LogP contribution in [0, 0.1) is 5.41 Å². The van der Waals surface area contributed by atoms with Crippen molar-refractivity contribution in [2.24, 2.45) is 5.41 Å². The fourth-order valence-corrected chi connectivity index (χ4v) is 5.65. The number of benzene rings is 2. The third kappa shape index (κ3) is 5.04. The van der Waals surface area contributed by atoms with Gasteiger partial charge in [0.25, 0.3) is 0 Å². The number of nitrogens with one attached hydrogen (secondary N) is 1. The van der Waals surface area contributed by atoms with Crippen LogP contribution in [0.15, 0.2) is 48.5 Å².